The summed E-state index contributed by atoms with van der Waals surface area (Å²) in [4.78, 5) is 22.8. The number of hydrogen-bond acceptors (Lipinski definition) is 7. The van der Waals surface area contributed by atoms with Gasteiger partial charge in [-0.3, -0.25) is 20.2 Å². The van der Waals surface area contributed by atoms with E-state index in [0.717, 1.165) is 12.1 Å². The number of methoxy groups -OCH3 is 1. The summed E-state index contributed by atoms with van der Waals surface area (Å²) in [5, 5.41) is 24.0. The Morgan fingerprint density at radius 1 is 0.949 bits per heavy atom. The van der Waals surface area contributed by atoms with Crippen molar-refractivity contribution in [2.24, 2.45) is 5.92 Å². The monoisotopic (exact) mass is 551 g/mol. The Morgan fingerprint density at radius 2 is 1.56 bits per heavy atom. The summed E-state index contributed by atoms with van der Waals surface area (Å²) in [5.74, 6) is -0.520. The van der Waals surface area contributed by atoms with Gasteiger partial charge in [-0.15, -0.1) is 6.58 Å². The lowest BCUT2D eigenvalue weighted by Gasteiger charge is -2.49. The summed E-state index contributed by atoms with van der Waals surface area (Å²) in [6, 6.07) is 17.0. The van der Waals surface area contributed by atoms with Gasteiger partial charge in [-0.1, -0.05) is 55.5 Å². The highest BCUT2D eigenvalue weighted by molar-refractivity contribution is 7.89. The van der Waals surface area contributed by atoms with Crippen molar-refractivity contribution in [2.75, 3.05) is 7.11 Å². The first-order valence-electron chi connectivity index (χ1n) is 12.3. The SMILES string of the molecule is C=CC[C@@H]1[C@H](C)[C@@H](c2ccc(OC)cc2)[C@H]([N+](=O)[O-])[C@@H](c2ccccc2)N1S(=O)(=O)c1ccc([N+](=O)[O-])cc1. The molecule has 4 rings (SSSR count). The fourth-order valence-corrected chi connectivity index (χ4v) is 7.48. The van der Waals surface area contributed by atoms with E-state index in [0.29, 0.717) is 16.9 Å². The smallest absolute Gasteiger partial charge is 0.269 e. The predicted molar refractivity (Wildman–Crippen MR) is 146 cm³/mol. The number of nitro groups is 2. The van der Waals surface area contributed by atoms with Gasteiger partial charge in [0.25, 0.3) is 5.69 Å². The van der Waals surface area contributed by atoms with Crippen molar-refractivity contribution in [3.63, 3.8) is 0 Å². The van der Waals surface area contributed by atoms with Crippen LogP contribution in [0.2, 0.25) is 0 Å². The fraction of sp³-hybridized carbons (Fsp3) is 0.286. The summed E-state index contributed by atoms with van der Waals surface area (Å²) >= 11 is 0. The van der Waals surface area contributed by atoms with Crippen LogP contribution in [0.5, 0.6) is 5.75 Å². The highest BCUT2D eigenvalue weighted by Gasteiger charge is 2.57. The predicted octanol–water partition coefficient (Wildman–Crippen LogP) is 5.36. The molecule has 10 nitrogen and oxygen atoms in total. The maximum atomic E-state index is 14.3. The third-order valence-corrected chi connectivity index (χ3v) is 9.30. The second-order valence-electron chi connectivity index (χ2n) is 9.47. The van der Waals surface area contributed by atoms with E-state index in [1.165, 1.54) is 23.5 Å². The number of nitro benzene ring substituents is 1. The standard InChI is InChI=1S/C28H29N3O7S/c1-4-8-25-19(2)26(20-11-15-23(38-3)16-12-20)28(31(34)35)27(21-9-6-5-7-10-21)29(25)39(36,37)24-17-13-22(14-18-24)30(32)33/h4-7,9-19,25-28H,1,8H2,2-3H3/t19-,25+,26-,27+,28-/m0/s1. The number of rotatable bonds is 9. The minimum atomic E-state index is -4.35. The zero-order valence-corrected chi connectivity index (χ0v) is 22.3. The van der Waals surface area contributed by atoms with Gasteiger partial charge in [0, 0.05) is 23.1 Å². The molecular formula is C28H29N3O7S. The van der Waals surface area contributed by atoms with Crippen molar-refractivity contribution < 1.29 is 23.0 Å². The first kappa shape index (κ1) is 27.9. The fourth-order valence-electron chi connectivity index (χ4n) is 5.58. The third-order valence-electron chi connectivity index (χ3n) is 7.38. The van der Waals surface area contributed by atoms with Gasteiger partial charge in [0.2, 0.25) is 16.1 Å². The zero-order chi connectivity index (χ0) is 28.3. The minimum Gasteiger partial charge on any atom is -0.497 e. The summed E-state index contributed by atoms with van der Waals surface area (Å²) in [6.07, 6.45) is 1.85. The van der Waals surface area contributed by atoms with Crippen LogP contribution in [0, 0.1) is 26.1 Å². The Balaban J connectivity index is 1.96. The van der Waals surface area contributed by atoms with Crippen molar-refractivity contribution in [1.29, 1.82) is 0 Å². The van der Waals surface area contributed by atoms with Gasteiger partial charge in [-0.05, 0) is 47.7 Å². The summed E-state index contributed by atoms with van der Waals surface area (Å²) in [6.45, 7) is 5.65. The molecule has 1 aliphatic heterocycles. The van der Waals surface area contributed by atoms with E-state index in [4.69, 9.17) is 4.74 Å². The van der Waals surface area contributed by atoms with Crippen LogP contribution >= 0.6 is 0 Å². The van der Waals surface area contributed by atoms with Gasteiger partial charge >= 0.3 is 0 Å². The maximum absolute atomic E-state index is 14.3. The molecule has 1 saturated heterocycles. The Hall–Kier alpha value is -4.09. The van der Waals surface area contributed by atoms with E-state index in [9.17, 15) is 28.6 Å². The molecule has 11 heteroatoms. The molecule has 5 atom stereocenters. The molecule has 3 aromatic rings. The highest BCUT2D eigenvalue weighted by atomic mass is 32.2. The van der Waals surface area contributed by atoms with E-state index in [1.54, 1.807) is 60.7 Å². The molecule has 1 aliphatic rings. The van der Waals surface area contributed by atoms with Crippen LogP contribution in [0.1, 0.15) is 36.4 Å². The van der Waals surface area contributed by atoms with Gasteiger partial charge in [0.05, 0.1) is 22.8 Å². The average molecular weight is 552 g/mol. The number of nitrogens with zero attached hydrogens (tertiary/aromatic N) is 3. The van der Waals surface area contributed by atoms with Crippen LogP contribution in [0.15, 0.2) is 96.4 Å². The second kappa shape index (κ2) is 11.3. The Morgan fingerprint density at radius 3 is 2.08 bits per heavy atom. The van der Waals surface area contributed by atoms with Crippen molar-refractivity contribution >= 4 is 15.7 Å². The quantitative estimate of drug-likeness (QED) is 0.199. The summed E-state index contributed by atoms with van der Waals surface area (Å²) in [7, 11) is -2.82. The minimum absolute atomic E-state index is 0.180. The molecule has 0 unspecified atom stereocenters. The molecule has 0 aliphatic carbocycles. The van der Waals surface area contributed by atoms with Crippen LogP contribution in [0.3, 0.4) is 0 Å². The van der Waals surface area contributed by atoms with Crippen molar-refractivity contribution in [1.82, 2.24) is 4.31 Å². The molecule has 0 spiro atoms. The van der Waals surface area contributed by atoms with E-state index in [1.807, 2.05) is 6.92 Å². The average Bonchev–Trinajstić information content (AvgIpc) is 2.94. The van der Waals surface area contributed by atoms with Gasteiger partial charge in [-0.25, -0.2) is 8.42 Å². The van der Waals surface area contributed by atoms with Gasteiger partial charge in [-0.2, -0.15) is 4.31 Å². The van der Waals surface area contributed by atoms with Gasteiger partial charge < -0.3 is 4.74 Å². The van der Waals surface area contributed by atoms with Crippen molar-refractivity contribution in [3.05, 3.63) is 123 Å². The molecule has 0 N–H and O–H groups in total. The van der Waals surface area contributed by atoms with E-state index in [2.05, 4.69) is 6.58 Å². The molecular weight excluding hydrogens is 522 g/mol. The number of non-ortho nitro benzene ring substituents is 1. The number of piperidine rings is 1. The lowest BCUT2D eigenvalue weighted by Crippen LogP contribution is -2.59. The van der Waals surface area contributed by atoms with E-state index < -0.39 is 49.8 Å². The lowest BCUT2D eigenvalue weighted by molar-refractivity contribution is -0.541. The van der Waals surface area contributed by atoms with E-state index in [-0.39, 0.29) is 17.0 Å². The van der Waals surface area contributed by atoms with Gasteiger partial charge in [0.15, 0.2) is 0 Å². The Labute approximate surface area is 226 Å². The molecule has 0 amide bonds. The molecule has 39 heavy (non-hydrogen) atoms. The number of hydrogen-bond donors (Lipinski definition) is 0. The molecule has 0 bridgehead atoms. The third kappa shape index (κ3) is 5.27. The number of benzene rings is 3. The highest BCUT2D eigenvalue weighted by Crippen LogP contribution is 2.50. The number of ether oxygens (including phenoxy) is 1. The van der Waals surface area contributed by atoms with Crippen LogP contribution in [0.25, 0.3) is 0 Å². The molecule has 0 aromatic heterocycles. The van der Waals surface area contributed by atoms with Crippen molar-refractivity contribution in [2.45, 2.75) is 42.3 Å². The largest absolute Gasteiger partial charge is 0.497 e. The van der Waals surface area contributed by atoms with Crippen LogP contribution in [-0.2, 0) is 10.0 Å². The Kier molecular flexibility index (Phi) is 8.12. The van der Waals surface area contributed by atoms with Crippen LogP contribution in [0.4, 0.5) is 5.69 Å². The number of sulfonamides is 1. The first-order valence-corrected chi connectivity index (χ1v) is 13.8. The molecule has 204 valence electrons. The molecule has 1 heterocycles. The first-order chi connectivity index (χ1) is 18.6. The maximum Gasteiger partial charge on any atom is 0.269 e. The lowest BCUT2D eigenvalue weighted by atomic mass is 9.70. The van der Waals surface area contributed by atoms with Gasteiger partial charge in [0.1, 0.15) is 11.8 Å². The van der Waals surface area contributed by atoms with Crippen LogP contribution in [-0.4, -0.2) is 41.8 Å². The normalized spacial score (nSPS) is 23.6. The topological polar surface area (TPSA) is 133 Å². The van der Waals surface area contributed by atoms with Crippen molar-refractivity contribution in [3.8, 4) is 5.75 Å². The molecule has 0 saturated carbocycles. The van der Waals surface area contributed by atoms with E-state index >= 15 is 0 Å². The molecule has 3 aromatic carbocycles. The molecule has 1 fully saturated rings. The molecule has 0 radical (unpaired) electrons. The summed E-state index contributed by atoms with van der Waals surface area (Å²) < 4.78 is 35.0. The van der Waals surface area contributed by atoms with Crippen LogP contribution < -0.4 is 4.74 Å². The second-order valence-corrected chi connectivity index (χ2v) is 11.3. The summed E-state index contributed by atoms with van der Waals surface area (Å²) in [5.41, 5.74) is 0.919. The Bertz CT molecular complexity index is 1440. The zero-order valence-electron chi connectivity index (χ0n) is 21.5.